The zero-order valence-corrected chi connectivity index (χ0v) is 19.7. The zero-order chi connectivity index (χ0) is 22.4. The molecule has 0 atom stereocenters. The molecule has 0 bridgehead atoms. The van der Waals surface area contributed by atoms with Gasteiger partial charge in [0, 0.05) is 53.4 Å². The van der Waals surface area contributed by atoms with Gasteiger partial charge in [-0.1, -0.05) is 48.0 Å². The smallest absolute Gasteiger partial charge is 0.243 e. The van der Waals surface area contributed by atoms with Gasteiger partial charge < -0.3 is 15.1 Å². The first kappa shape index (κ1) is 23.2. The standard InChI is InChI=1S/C23H33N5O2S/c1-19-9-11-20(12-10-19)18-27(4)23(24-2)25-17-21-7-5-6-8-22(21)31(29,30)28-15-13-26(3)14-16-28/h5-12H,13-18H2,1-4H3,(H,24,25). The summed E-state index contributed by atoms with van der Waals surface area (Å²) in [5.74, 6) is 0.715. The van der Waals surface area contributed by atoms with Gasteiger partial charge >= 0.3 is 0 Å². The van der Waals surface area contributed by atoms with Crippen molar-refractivity contribution in [1.82, 2.24) is 19.4 Å². The lowest BCUT2D eigenvalue weighted by molar-refractivity contribution is 0.222. The maximum absolute atomic E-state index is 13.3. The molecule has 7 nitrogen and oxygen atoms in total. The fourth-order valence-corrected chi connectivity index (χ4v) is 5.31. The van der Waals surface area contributed by atoms with Gasteiger partial charge in [-0.3, -0.25) is 4.99 Å². The van der Waals surface area contributed by atoms with E-state index in [0.717, 1.165) is 18.7 Å². The number of likely N-dealkylation sites (N-methyl/N-ethyl adjacent to an activating group) is 1. The fraction of sp³-hybridized carbons (Fsp3) is 0.435. The van der Waals surface area contributed by atoms with Crippen LogP contribution in [0.3, 0.4) is 0 Å². The van der Waals surface area contributed by atoms with Gasteiger partial charge in [-0.05, 0) is 31.2 Å². The predicted octanol–water partition coefficient (Wildman–Crippen LogP) is 2.14. The molecule has 8 heteroatoms. The molecule has 31 heavy (non-hydrogen) atoms. The summed E-state index contributed by atoms with van der Waals surface area (Å²) < 4.78 is 28.1. The largest absolute Gasteiger partial charge is 0.352 e. The van der Waals surface area contributed by atoms with Crippen molar-refractivity contribution in [1.29, 1.82) is 0 Å². The van der Waals surface area contributed by atoms with Crippen LogP contribution < -0.4 is 5.32 Å². The minimum absolute atomic E-state index is 0.365. The first-order valence-corrected chi connectivity index (χ1v) is 12.0. The number of hydrogen-bond acceptors (Lipinski definition) is 4. The summed E-state index contributed by atoms with van der Waals surface area (Å²) in [5.41, 5.74) is 3.16. The monoisotopic (exact) mass is 443 g/mol. The molecule has 2 aromatic carbocycles. The molecule has 1 aliphatic heterocycles. The maximum atomic E-state index is 13.3. The lowest BCUT2D eigenvalue weighted by atomic mass is 10.1. The molecule has 0 aliphatic carbocycles. The summed E-state index contributed by atoms with van der Waals surface area (Å²) in [7, 11) is 2.20. The average Bonchev–Trinajstić information content (AvgIpc) is 2.76. The van der Waals surface area contributed by atoms with Crippen molar-refractivity contribution in [2.45, 2.75) is 24.9 Å². The minimum atomic E-state index is -3.53. The third-order valence-electron chi connectivity index (χ3n) is 5.60. The summed E-state index contributed by atoms with van der Waals surface area (Å²) in [5, 5.41) is 3.32. The number of rotatable bonds is 6. The molecule has 168 valence electrons. The number of hydrogen-bond donors (Lipinski definition) is 1. The molecule has 1 heterocycles. The van der Waals surface area contributed by atoms with Gasteiger partial charge in [0.15, 0.2) is 5.96 Å². The van der Waals surface area contributed by atoms with E-state index in [1.807, 2.05) is 31.1 Å². The van der Waals surface area contributed by atoms with E-state index in [1.54, 1.807) is 23.5 Å². The van der Waals surface area contributed by atoms with Gasteiger partial charge in [-0.15, -0.1) is 0 Å². The zero-order valence-electron chi connectivity index (χ0n) is 18.9. The lowest BCUT2D eigenvalue weighted by Crippen LogP contribution is -2.47. The van der Waals surface area contributed by atoms with E-state index in [4.69, 9.17) is 0 Å². The van der Waals surface area contributed by atoms with Crippen molar-refractivity contribution < 1.29 is 8.42 Å². The molecule has 0 amide bonds. The van der Waals surface area contributed by atoms with Crippen LogP contribution in [-0.4, -0.2) is 75.8 Å². The summed E-state index contributed by atoms with van der Waals surface area (Å²) in [6.07, 6.45) is 0. The Hall–Kier alpha value is -2.42. The molecular weight excluding hydrogens is 410 g/mol. The molecule has 3 rings (SSSR count). The molecule has 1 saturated heterocycles. The summed E-state index contributed by atoms with van der Waals surface area (Å²) in [6.45, 7) is 5.69. The van der Waals surface area contributed by atoms with Crippen molar-refractivity contribution >= 4 is 16.0 Å². The van der Waals surface area contributed by atoms with E-state index in [1.165, 1.54) is 11.1 Å². The highest BCUT2D eigenvalue weighted by Gasteiger charge is 2.29. The second-order valence-electron chi connectivity index (χ2n) is 8.06. The Morgan fingerprint density at radius 2 is 1.71 bits per heavy atom. The van der Waals surface area contributed by atoms with Crippen molar-refractivity contribution in [2.75, 3.05) is 47.3 Å². The Kier molecular flexibility index (Phi) is 7.69. The van der Waals surface area contributed by atoms with Crippen molar-refractivity contribution in [3.63, 3.8) is 0 Å². The Bertz CT molecular complexity index is 997. The highest BCUT2D eigenvalue weighted by Crippen LogP contribution is 2.21. The van der Waals surface area contributed by atoms with E-state index >= 15 is 0 Å². The van der Waals surface area contributed by atoms with Crippen LogP contribution in [0.15, 0.2) is 58.4 Å². The van der Waals surface area contributed by atoms with E-state index in [9.17, 15) is 8.42 Å². The molecular formula is C23H33N5O2S. The summed E-state index contributed by atoms with van der Waals surface area (Å²) in [6, 6.07) is 15.6. The van der Waals surface area contributed by atoms with Crippen molar-refractivity contribution in [3.8, 4) is 0 Å². The average molecular weight is 444 g/mol. The quantitative estimate of drug-likeness (QED) is 0.547. The molecule has 0 aromatic heterocycles. The van der Waals surface area contributed by atoms with Gasteiger partial charge in [0.25, 0.3) is 0 Å². The van der Waals surface area contributed by atoms with Crippen LogP contribution in [-0.2, 0) is 23.1 Å². The third kappa shape index (κ3) is 5.84. The second kappa shape index (κ2) is 10.3. The number of guanidine groups is 1. The van der Waals surface area contributed by atoms with E-state index in [-0.39, 0.29) is 0 Å². The number of sulfonamides is 1. The van der Waals surface area contributed by atoms with Crippen molar-refractivity contribution in [2.24, 2.45) is 4.99 Å². The first-order valence-electron chi connectivity index (χ1n) is 10.5. The van der Waals surface area contributed by atoms with E-state index in [0.29, 0.717) is 37.0 Å². The molecule has 1 N–H and O–H groups in total. The predicted molar refractivity (Wildman–Crippen MR) is 126 cm³/mol. The van der Waals surface area contributed by atoms with Gasteiger partial charge in [-0.2, -0.15) is 4.31 Å². The van der Waals surface area contributed by atoms with Crippen LogP contribution in [0.1, 0.15) is 16.7 Å². The van der Waals surface area contributed by atoms with Crippen LogP contribution in [0, 0.1) is 6.92 Å². The van der Waals surface area contributed by atoms with E-state index in [2.05, 4.69) is 46.4 Å². The maximum Gasteiger partial charge on any atom is 0.243 e. The lowest BCUT2D eigenvalue weighted by Gasteiger charge is -2.32. The van der Waals surface area contributed by atoms with Gasteiger partial charge in [-0.25, -0.2) is 8.42 Å². The Labute approximate surface area is 186 Å². The Balaban J connectivity index is 1.70. The first-order chi connectivity index (χ1) is 14.8. The molecule has 0 saturated carbocycles. The van der Waals surface area contributed by atoms with Crippen molar-refractivity contribution in [3.05, 3.63) is 65.2 Å². The van der Waals surface area contributed by atoms with Crippen LogP contribution >= 0.6 is 0 Å². The van der Waals surface area contributed by atoms with Crippen LogP contribution in [0.5, 0.6) is 0 Å². The number of benzene rings is 2. The normalized spacial score (nSPS) is 16.3. The number of aryl methyl sites for hydroxylation is 1. The van der Waals surface area contributed by atoms with Crippen LogP contribution in [0.25, 0.3) is 0 Å². The second-order valence-corrected chi connectivity index (χ2v) is 9.96. The molecule has 0 unspecified atom stereocenters. The Morgan fingerprint density at radius 3 is 2.35 bits per heavy atom. The number of nitrogens with one attached hydrogen (secondary N) is 1. The topological polar surface area (TPSA) is 68.2 Å². The number of aliphatic imine (C=N–C) groups is 1. The number of piperazine rings is 1. The Morgan fingerprint density at radius 1 is 1.06 bits per heavy atom. The summed E-state index contributed by atoms with van der Waals surface area (Å²) in [4.78, 5) is 8.91. The minimum Gasteiger partial charge on any atom is -0.352 e. The van der Waals surface area contributed by atoms with Gasteiger partial charge in [0.05, 0.1) is 4.90 Å². The highest BCUT2D eigenvalue weighted by molar-refractivity contribution is 7.89. The molecule has 1 aliphatic rings. The van der Waals surface area contributed by atoms with Crippen LogP contribution in [0.4, 0.5) is 0 Å². The van der Waals surface area contributed by atoms with E-state index < -0.39 is 10.0 Å². The fourth-order valence-electron chi connectivity index (χ4n) is 3.67. The molecule has 2 aromatic rings. The number of nitrogens with zero attached hydrogens (tertiary/aromatic N) is 4. The van der Waals surface area contributed by atoms with Gasteiger partial charge in [0.2, 0.25) is 10.0 Å². The third-order valence-corrected chi connectivity index (χ3v) is 7.60. The van der Waals surface area contributed by atoms with Gasteiger partial charge in [0.1, 0.15) is 0 Å². The molecule has 0 radical (unpaired) electrons. The molecule has 1 fully saturated rings. The van der Waals surface area contributed by atoms with Crippen LogP contribution in [0.2, 0.25) is 0 Å². The highest BCUT2D eigenvalue weighted by atomic mass is 32.2. The SMILES string of the molecule is CN=C(NCc1ccccc1S(=O)(=O)N1CCN(C)CC1)N(C)Cc1ccc(C)cc1. The molecule has 0 spiro atoms. The summed E-state index contributed by atoms with van der Waals surface area (Å²) >= 11 is 0.